The summed E-state index contributed by atoms with van der Waals surface area (Å²) in [4.78, 5) is 30.3. The molecule has 2 amide bonds. The van der Waals surface area contributed by atoms with E-state index in [1.807, 2.05) is 26.8 Å². The number of methoxy groups -OCH3 is 1. The molecule has 0 saturated heterocycles. The normalized spacial score (nSPS) is 10.6. The molecule has 8 heteroatoms. The number of aromatic nitrogens is 1. The van der Waals surface area contributed by atoms with Crippen molar-refractivity contribution in [2.75, 3.05) is 13.7 Å². The number of aryl methyl sites for hydroxylation is 3. The van der Waals surface area contributed by atoms with Crippen LogP contribution in [0.5, 0.6) is 11.5 Å². The Morgan fingerprint density at radius 1 is 1.07 bits per heavy atom. The molecule has 1 aromatic carbocycles. The van der Waals surface area contributed by atoms with Gasteiger partial charge in [-0.15, -0.1) is 11.3 Å². The van der Waals surface area contributed by atoms with Crippen LogP contribution in [0.15, 0.2) is 30.3 Å². The zero-order valence-electron chi connectivity index (χ0n) is 16.1. The fourth-order valence-corrected chi connectivity index (χ4v) is 4.07. The number of hydrogen-bond acceptors (Lipinski definition) is 6. The van der Waals surface area contributed by atoms with Crippen molar-refractivity contribution in [3.63, 3.8) is 0 Å². The second kappa shape index (κ2) is 8.26. The van der Waals surface area contributed by atoms with Gasteiger partial charge in [0.05, 0.1) is 12.0 Å². The van der Waals surface area contributed by atoms with Crippen LogP contribution in [0, 0.1) is 20.8 Å². The van der Waals surface area contributed by atoms with Gasteiger partial charge in [-0.3, -0.25) is 20.4 Å². The van der Waals surface area contributed by atoms with Crippen LogP contribution in [-0.4, -0.2) is 30.5 Å². The Bertz CT molecular complexity index is 1030. The minimum Gasteiger partial charge on any atom is -0.497 e. The lowest BCUT2D eigenvalue weighted by Crippen LogP contribution is -2.43. The number of carbonyl (C=O) groups excluding carboxylic acids is 2. The Balaban J connectivity index is 1.59. The molecular weight excluding hydrogens is 378 g/mol. The van der Waals surface area contributed by atoms with Gasteiger partial charge >= 0.3 is 0 Å². The van der Waals surface area contributed by atoms with Crippen molar-refractivity contribution >= 4 is 33.4 Å². The van der Waals surface area contributed by atoms with Gasteiger partial charge in [-0.25, -0.2) is 4.98 Å². The van der Waals surface area contributed by atoms with Crippen LogP contribution in [0.4, 0.5) is 0 Å². The molecule has 0 radical (unpaired) electrons. The molecule has 0 atom stereocenters. The van der Waals surface area contributed by atoms with E-state index in [9.17, 15) is 9.59 Å². The molecule has 0 bridgehead atoms. The molecule has 3 rings (SSSR count). The maximum atomic E-state index is 12.5. The monoisotopic (exact) mass is 399 g/mol. The summed E-state index contributed by atoms with van der Waals surface area (Å²) in [6.45, 7) is 5.57. The number of ether oxygens (including phenoxy) is 2. The van der Waals surface area contributed by atoms with Crippen molar-refractivity contribution in [1.82, 2.24) is 15.8 Å². The second-order valence-corrected chi connectivity index (χ2v) is 7.28. The van der Waals surface area contributed by atoms with Gasteiger partial charge in [-0.05, 0) is 62.2 Å². The van der Waals surface area contributed by atoms with E-state index in [0.29, 0.717) is 16.4 Å². The molecule has 0 saturated carbocycles. The molecule has 0 aliphatic heterocycles. The van der Waals surface area contributed by atoms with Crippen molar-refractivity contribution < 1.29 is 19.1 Å². The number of benzene rings is 1. The Kier molecular flexibility index (Phi) is 5.79. The number of nitrogens with zero attached hydrogens (tertiary/aromatic N) is 1. The Morgan fingerprint density at radius 2 is 1.75 bits per heavy atom. The van der Waals surface area contributed by atoms with Crippen molar-refractivity contribution in [3.05, 3.63) is 52.0 Å². The van der Waals surface area contributed by atoms with Gasteiger partial charge in [0.15, 0.2) is 6.61 Å². The van der Waals surface area contributed by atoms with E-state index < -0.39 is 5.91 Å². The van der Waals surface area contributed by atoms with E-state index in [1.54, 1.807) is 31.4 Å². The molecule has 0 aliphatic rings. The fourth-order valence-electron chi connectivity index (χ4n) is 2.88. The fraction of sp³-hybridized carbons (Fsp3) is 0.250. The molecule has 2 heterocycles. The van der Waals surface area contributed by atoms with E-state index >= 15 is 0 Å². The molecule has 2 aromatic heterocycles. The SMILES string of the molecule is COc1ccc(OCC(=O)NNC(=O)c2sc3nc(C)cc(C)c3c2C)cc1. The Hall–Kier alpha value is -3.13. The molecule has 2 N–H and O–H groups in total. The lowest BCUT2D eigenvalue weighted by molar-refractivity contribution is -0.123. The summed E-state index contributed by atoms with van der Waals surface area (Å²) in [6, 6.07) is 8.85. The standard InChI is InChI=1S/C20H21N3O4S/c1-11-9-12(2)21-20-17(11)13(3)18(28-20)19(25)23-22-16(24)10-27-15-7-5-14(26-4)6-8-15/h5-9H,10H2,1-4H3,(H,22,24)(H,23,25). The third-order valence-electron chi connectivity index (χ3n) is 4.18. The van der Waals surface area contributed by atoms with E-state index in [-0.39, 0.29) is 12.5 Å². The minimum atomic E-state index is -0.465. The molecule has 28 heavy (non-hydrogen) atoms. The van der Waals surface area contributed by atoms with Crippen LogP contribution in [0.2, 0.25) is 0 Å². The van der Waals surface area contributed by atoms with Crippen LogP contribution in [0.1, 0.15) is 26.5 Å². The smallest absolute Gasteiger partial charge is 0.280 e. The van der Waals surface area contributed by atoms with E-state index in [4.69, 9.17) is 9.47 Å². The predicted octanol–water partition coefficient (Wildman–Crippen LogP) is 3.07. The van der Waals surface area contributed by atoms with Crippen LogP contribution in [0.3, 0.4) is 0 Å². The molecule has 0 spiro atoms. The van der Waals surface area contributed by atoms with Gasteiger partial charge in [0.25, 0.3) is 11.8 Å². The van der Waals surface area contributed by atoms with Gasteiger partial charge in [0.2, 0.25) is 0 Å². The summed E-state index contributed by atoms with van der Waals surface area (Å²) in [6.07, 6.45) is 0. The highest BCUT2D eigenvalue weighted by Gasteiger charge is 2.18. The zero-order valence-corrected chi connectivity index (χ0v) is 16.9. The van der Waals surface area contributed by atoms with E-state index in [1.165, 1.54) is 11.3 Å². The van der Waals surface area contributed by atoms with Gasteiger partial charge in [0.1, 0.15) is 16.3 Å². The van der Waals surface area contributed by atoms with Crippen LogP contribution in [0.25, 0.3) is 10.2 Å². The first-order chi connectivity index (χ1) is 13.4. The molecule has 3 aromatic rings. The predicted molar refractivity (Wildman–Crippen MR) is 108 cm³/mol. The first kappa shape index (κ1) is 19.6. The maximum absolute atomic E-state index is 12.5. The first-order valence-electron chi connectivity index (χ1n) is 8.62. The van der Waals surface area contributed by atoms with Gasteiger partial charge in [-0.2, -0.15) is 0 Å². The van der Waals surface area contributed by atoms with Gasteiger partial charge in [0, 0.05) is 11.1 Å². The summed E-state index contributed by atoms with van der Waals surface area (Å²) in [5.41, 5.74) is 7.64. The number of hydrogen-bond donors (Lipinski definition) is 2. The molecule has 0 fully saturated rings. The van der Waals surface area contributed by atoms with Crippen molar-refractivity contribution in [3.8, 4) is 11.5 Å². The molecule has 146 valence electrons. The van der Waals surface area contributed by atoms with Crippen LogP contribution in [-0.2, 0) is 4.79 Å². The number of rotatable bonds is 5. The quantitative estimate of drug-likeness (QED) is 0.644. The van der Waals surface area contributed by atoms with Gasteiger partial charge in [-0.1, -0.05) is 0 Å². The Labute approximate surface area is 166 Å². The summed E-state index contributed by atoms with van der Waals surface area (Å²) in [7, 11) is 1.57. The number of hydrazine groups is 1. The number of thiophene rings is 1. The van der Waals surface area contributed by atoms with E-state index in [0.717, 1.165) is 27.0 Å². The number of carbonyl (C=O) groups is 2. The largest absolute Gasteiger partial charge is 0.497 e. The Morgan fingerprint density at radius 3 is 2.43 bits per heavy atom. The topological polar surface area (TPSA) is 89.5 Å². The molecule has 0 unspecified atom stereocenters. The van der Waals surface area contributed by atoms with Crippen LogP contribution >= 0.6 is 11.3 Å². The third kappa shape index (κ3) is 4.23. The minimum absolute atomic E-state index is 0.224. The highest BCUT2D eigenvalue weighted by molar-refractivity contribution is 7.20. The summed E-state index contributed by atoms with van der Waals surface area (Å²) < 4.78 is 10.4. The second-order valence-electron chi connectivity index (χ2n) is 6.28. The number of nitrogens with one attached hydrogen (secondary N) is 2. The van der Waals surface area contributed by atoms with Gasteiger partial charge < -0.3 is 9.47 Å². The number of amides is 2. The lowest BCUT2D eigenvalue weighted by Gasteiger charge is -2.09. The third-order valence-corrected chi connectivity index (χ3v) is 5.36. The average Bonchev–Trinajstić information content (AvgIpc) is 3.01. The number of fused-ring (bicyclic) bond motifs is 1. The summed E-state index contributed by atoms with van der Waals surface area (Å²) in [5.74, 6) is 0.380. The maximum Gasteiger partial charge on any atom is 0.280 e. The highest BCUT2D eigenvalue weighted by Crippen LogP contribution is 2.32. The average molecular weight is 399 g/mol. The van der Waals surface area contributed by atoms with Crippen molar-refractivity contribution in [2.45, 2.75) is 20.8 Å². The van der Waals surface area contributed by atoms with E-state index in [2.05, 4.69) is 15.8 Å². The lowest BCUT2D eigenvalue weighted by atomic mass is 10.1. The molecule has 0 aliphatic carbocycles. The molecular formula is C20H21N3O4S. The summed E-state index contributed by atoms with van der Waals surface area (Å²) in [5, 5.41) is 0.981. The zero-order chi connectivity index (χ0) is 20.3. The highest BCUT2D eigenvalue weighted by atomic mass is 32.1. The first-order valence-corrected chi connectivity index (χ1v) is 9.44. The number of pyridine rings is 1. The van der Waals surface area contributed by atoms with Crippen molar-refractivity contribution in [2.24, 2.45) is 0 Å². The van der Waals surface area contributed by atoms with Crippen molar-refractivity contribution in [1.29, 1.82) is 0 Å². The summed E-state index contributed by atoms with van der Waals surface area (Å²) >= 11 is 1.31. The molecule has 7 nitrogen and oxygen atoms in total. The van der Waals surface area contributed by atoms with Crippen LogP contribution < -0.4 is 20.3 Å².